The summed E-state index contributed by atoms with van der Waals surface area (Å²) in [7, 11) is 1.69. The SMILES string of the molecule is COc1ccc2c(c1)NC(C)C(CCN)S2. The largest absolute Gasteiger partial charge is 0.497 e. The van der Waals surface area contributed by atoms with E-state index in [4.69, 9.17) is 10.5 Å². The molecule has 3 N–H and O–H groups in total. The summed E-state index contributed by atoms with van der Waals surface area (Å²) in [5.74, 6) is 0.899. The molecule has 0 aromatic heterocycles. The molecule has 2 unspecified atom stereocenters. The minimum absolute atomic E-state index is 0.452. The first-order chi connectivity index (χ1) is 7.74. The zero-order chi connectivity index (χ0) is 11.5. The summed E-state index contributed by atoms with van der Waals surface area (Å²) in [6.07, 6.45) is 1.05. The van der Waals surface area contributed by atoms with Crippen LogP contribution in [0.25, 0.3) is 0 Å². The maximum atomic E-state index is 5.63. The molecule has 1 aliphatic heterocycles. The molecule has 0 bridgehead atoms. The third kappa shape index (κ3) is 2.28. The van der Waals surface area contributed by atoms with Crippen molar-refractivity contribution in [1.29, 1.82) is 0 Å². The molecule has 0 saturated carbocycles. The van der Waals surface area contributed by atoms with Gasteiger partial charge in [-0.2, -0.15) is 0 Å². The molecule has 88 valence electrons. The Kier molecular flexibility index (Phi) is 3.61. The Labute approximate surface area is 101 Å². The molecular formula is C12H18N2OS. The summed E-state index contributed by atoms with van der Waals surface area (Å²) in [5, 5.41) is 4.07. The van der Waals surface area contributed by atoms with Crippen LogP contribution in [0.4, 0.5) is 5.69 Å². The second-order valence-electron chi connectivity index (χ2n) is 4.03. The predicted molar refractivity (Wildman–Crippen MR) is 69.4 cm³/mol. The van der Waals surface area contributed by atoms with Crippen LogP contribution in [0.3, 0.4) is 0 Å². The van der Waals surface area contributed by atoms with Crippen LogP contribution in [0.1, 0.15) is 13.3 Å². The van der Waals surface area contributed by atoms with Crippen LogP contribution in [-0.2, 0) is 0 Å². The average Bonchev–Trinajstić information content (AvgIpc) is 2.30. The van der Waals surface area contributed by atoms with Crippen LogP contribution in [0.15, 0.2) is 23.1 Å². The van der Waals surface area contributed by atoms with Crippen molar-refractivity contribution in [2.75, 3.05) is 19.0 Å². The first-order valence-electron chi connectivity index (χ1n) is 5.56. The van der Waals surface area contributed by atoms with Crippen molar-refractivity contribution in [3.8, 4) is 5.75 Å². The minimum atomic E-state index is 0.452. The van der Waals surface area contributed by atoms with Gasteiger partial charge < -0.3 is 15.8 Å². The fourth-order valence-electron chi connectivity index (χ4n) is 1.93. The Morgan fingerprint density at radius 3 is 3.00 bits per heavy atom. The van der Waals surface area contributed by atoms with Crippen molar-refractivity contribution in [1.82, 2.24) is 0 Å². The van der Waals surface area contributed by atoms with E-state index >= 15 is 0 Å². The molecule has 0 radical (unpaired) electrons. The number of fused-ring (bicyclic) bond motifs is 1. The minimum Gasteiger partial charge on any atom is -0.497 e. The first-order valence-corrected chi connectivity index (χ1v) is 6.44. The topological polar surface area (TPSA) is 47.3 Å². The number of hydrogen-bond acceptors (Lipinski definition) is 4. The lowest BCUT2D eigenvalue weighted by atomic mass is 10.1. The highest BCUT2D eigenvalue weighted by Crippen LogP contribution is 2.40. The average molecular weight is 238 g/mol. The van der Waals surface area contributed by atoms with Gasteiger partial charge in [-0.15, -0.1) is 11.8 Å². The van der Waals surface area contributed by atoms with Crippen LogP contribution in [-0.4, -0.2) is 24.9 Å². The van der Waals surface area contributed by atoms with E-state index in [0.717, 1.165) is 18.7 Å². The van der Waals surface area contributed by atoms with Gasteiger partial charge in [-0.25, -0.2) is 0 Å². The smallest absolute Gasteiger partial charge is 0.121 e. The molecule has 16 heavy (non-hydrogen) atoms. The van der Waals surface area contributed by atoms with Crippen molar-refractivity contribution >= 4 is 17.4 Å². The van der Waals surface area contributed by atoms with Crippen molar-refractivity contribution in [3.63, 3.8) is 0 Å². The van der Waals surface area contributed by atoms with Gasteiger partial charge in [-0.3, -0.25) is 0 Å². The van der Waals surface area contributed by atoms with Gasteiger partial charge in [0.05, 0.1) is 12.8 Å². The Bertz CT molecular complexity index is 370. The van der Waals surface area contributed by atoms with Gasteiger partial charge in [-0.1, -0.05) is 0 Å². The number of nitrogens with one attached hydrogen (secondary N) is 1. The molecule has 1 aliphatic rings. The van der Waals surface area contributed by atoms with Crippen molar-refractivity contribution in [2.24, 2.45) is 5.73 Å². The molecule has 1 aromatic carbocycles. The highest BCUT2D eigenvalue weighted by Gasteiger charge is 2.24. The lowest BCUT2D eigenvalue weighted by molar-refractivity contribution is 0.414. The Hall–Kier alpha value is -0.870. The standard InChI is InChI=1S/C12H18N2OS/c1-8-11(5-6-13)16-12-4-3-9(15-2)7-10(12)14-8/h3-4,7-8,11,14H,5-6,13H2,1-2H3. The summed E-state index contributed by atoms with van der Waals surface area (Å²) in [5.41, 5.74) is 6.80. The van der Waals surface area contributed by atoms with Crippen LogP contribution in [0.2, 0.25) is 0 Å². The number of benzene rings is 1. The molecule has 3 nitrogen and oxygen atoms in total. The summed E-state index contributed by atoms with van der Waals surface area (Å²) in [6, 6.07) is 6.62. The fourth-order valence-corrected chi connectivity index (χ4v) is 3.17. The second-order valence-corrected chi connectivity index (χ2v) is 5.31. The van der Waals surface area contributed by atoms with E-state index in [1.807, 2.05) is 17.8 Å². The monoisotopic (exact) mass is 238 g/mol. The Balaban J connectivity index is 2.20. The number of anilines is 1. The van der Waals surface area contributed by atoms with E-state index < -0.39 is 0 Å². The lowest BCUT2D eigenvalue weighted by Crippen LogP contribution is -2.33. The third-order valence-electron chi connectivity index (χ3n) is 2.86. The van der Waals surface area contributed by atoms with E-state index in [1.54, 1.807) is 7.11 Å². The van der Waals surface area contributed by atoms with E-state index in [9.17, 15) is 0 Å². The highest BCUT2D eigenvalue weighted by molar-refractivity contribution is 8.00. The highest BCUT2D eigenvalue weighted by atomic mass is 32.2. The number of thioether (sulfide) groups is 1. The van der Waals surface area contributed by atoms with E-state index in [0.29, 0.717) is 11.3 Å². The van der Waals surface area contributed by atoms with Crippen LogP contribution >= 0.6 is 11.8 Å². The molecule has 0 fully saturated rings. The van der Waals surface area contributed by atoms with Crippen molar-refractivity contribution < 1.29 is 4.74 Å². The Morgan fingerprint density at radius 2 is 2.31 bits per heavy atom. The second kappa shape index (κ2) is 4.97. The molecule has 1 aromatic rings. The maximum absolute atomic E-state index is 5.63. The van der Waals surface area contributed by atoms with Crippen molar-refractivity contribution in [2.45, 2.75) is 29.5 Å². The quantitative estimate of drug-likeness (QED) is 0.848. The number of hydrogen-bond donors (Lipinski definition) is 2. The lowest BCUT2D eigenvalue weighted by Gasteiger charge is -2.31. The molecule has 1 heterocycles. The third-order valence-corrected chi connectivity index (χ3v) is 4.41. The normalized spacial score (nSPS) is 23.4. The van der Waals surface area contributed by atoms with Gasteiger partial charge in [0.1, 0.15) is 5.75 Å². The Morgan fingerprint density at radius 1 is 1.50 bits per heavy atom. The first kappa shape index (κ1) is 11.6. The molecule has 0 saturated heterocycles. The molecular weight excluding hydrogens is 220 g/mol. The molecule has 0 amide bonds. The summed E-state index contributed by atoms with van der Waals surface area (Å²) >= 11 is 1.91. The zero-order valence-electron chi connectivity index (χ0n) is 9.69. The van der Waals surface area contributed by atoms with Gasteiger partial charge in [0.2, 0.25) is 0 Å². The van der Waals surface area contributed by atoms with Gasteiger partial charge in [-0.05, 0) is 32.0 Å². The molecule has 0 aliphatic carbocycles. The van der Waals surface area contributed by atoms with Crippen molar-refractivity contribution in [3.05, 3.63) is 18.2 Å². The summed E-state index contributed by atoms with van der Waals surface area (Å²) in [6.45, 7) is 2.95. The van der Waals surface area contributed by atoms with E-state index in [1.165, 1.54) is 10.6 Å². The molecule has 4 heteroatoms. The number of ether oxygens (including phenoxy) is 1. The van der Waals surface area contributed by atoms with Crippen LogP contribution in [0, 0.1) is 0 Å². The van der Waals surface area contributed by atoms with E-state index in [-0.39, 0.29) is 0 Å². The van der Waals surface area contributed by atoms with Gasteiger partial charge in [0.15, 0.2) is 0 Å². The van der Waals surface area contributed by atoms with Crippen LogP contribution < -0.4 is 15.8 Å². The molecule has 2 atom stereocenters. The van der Waals surface area contributed by atoms with Gasteiger partial charge in [0, 0.05) is 22.3 Å². The fraction of sp³-hybridized carbons (Fsp3) is 0.500. The van der Waals surface area contributed by atoms with Gasteiger partial charge >= 0.3 is 0 Å². The number of nitrogens with two attached hydrogens (primary N) is 1. The number of methoxy groups -OCH3 is 1. The number of rotatable bonds is 3. The predicted octanol–water partition coefficient (Wildman–Crippen LogP) is 2.32. The van der Waals surface area contributed by atoms with E-state index in [2.05, 4.69) is 24.4 Å². The maximum Gasteiger partial charge on any atom is 0.121 e. The van der Waals surface area contributed by atoms with Crippen LogP contribution in [0.5, 0.6) is 5.75 Å². The summed E-state index contributed by atoms with van der Waals surface area (Å²) in [4.78, 5) is 1.29. The van der Waals surface area contributed by atoms with Gasteiger partial charge in [0.25, 0.3) is 0 Å². The molecule has 0 spiro atoms. The zero-order valence-corrected chi connectivity index (χ0v) is 10.5. The summed E-state index contributed by atoms with van der Waals surface area (Å²) < 4.78 is 5.22. The molecule has 2 rings (SSSR count).